The number of aryl methyl sites for hydroxylation is 1. The van der Waals surface area contributed by atoms with E-state index in [1.165, 1.54) is 4.31 Å². The molecule has 2 aromatic carbocycles. The first-order chi connectivity index (χ1) is 14.2. The van der Waals surface area contributed by atoms with Crippen LogP contribution >= 0.6 is 23.2 Å². The normalized spacial score (nSPS) is 17.5. The van der Waals surface area contributed by atoms with Crippen molar-refractivity contribution in [3.63, 3.8) is 0 Å². The second-order valence-corrected chi connectivity index (χ2v) is 10.0. The molecule has 0 bridgehead atoms. The van der Waals surface area contributed by atoms with E-state index in [1.54, 1.807) is 36.4 Å². The average molecular weight is 471 g/mol. The number of halogens is 2. The molecule has 30 heavy (non-hydrogen) atoms. The van der Waals surface area contributed by atoms with Crippen molar-refractivity contribution in [3.8, 4) is 5.75 Å². The Hall–Kier alpha value is -1.80. The maximum absolute atomic E-state index is 13.1. The Bertz CT molecular complexity index is 1020. The standard InChI is InChI=1S/C21H24Cl2N2O4S/c1-3-29-20-7-6-19(9-14(20)2)30(27,28)25-8-4-5-15(13-25)21(26)24-18-11-16(22)10-17(23)12-18/h6-7,9-12,15H,3-5,8,13H2,1-2H3,(H,24,26)/t15-/m0/s1. The molecule has 1 aliphatic heterocycles. The molecule has 1 heterocycles. The molecule has 0 aromatic heterocycles. The van der Waals surface area contributed by atoms with E-state index in [9.17, 15) is 13.2 Å². The highest BCUT2D eigenvalue weighted by molar-refractivity contribution is 7.89. The number of benzene rings is 2. The maximum atomic E-state index is 13.1. The maximum Gasteiger partial charge on any atom is 0.243 e. The van der Waals surface area contributed by atoms with Gasteiger partial charge in [0.05, 0.1) is 17.4 Å². The Morgan fingerprint density at radius 3 is 2.53 bits per heavy atom. The minimum atomic E-state index is -3.71. The van der Waals surface area contributed by atoms with Crippen LogP contribution in [0.1, 0.15) is 25.3 Å². The van der Waals surface area contributed by atoms with Crippen molar-refractivity contribution in [2.75, 3.05) is 25.0 Å². The van der Waals surface area contributed by atoms with E-state index in [1.807, 2.05) is 13.8 Å². The number of anilines is 1. The Labute approximate surface area is 187 Å². The number of rotatable bonds is 6. The van der Waals surface area contributed by atoms with Gasteiger partial charge in [-0.3, -0.25) is 4.79 Å². The fourth-order valence-electron chi connectivity index (χ4n) is 3.49. The molecule has 0 aliphatic carbocycles. The van der Waals surface area contributed by atoms with Crippen molar-refractivity contribution in [2.45, 2.75) is 31.6 Å². The van der Waals surface area contributed by atoms with Gasteiger partial charge in [0.2, 0.25) is 15.9 Å². The highest BCUT2D eigenvalue weighted by Gasteiger charge is 2.33. The second-order valence-electron chi connectivity index (χ2n) is 7.21. The van der Waals surface area contributed by atoms with Crippen LogP contribution in [0.15, 0.2) is 41.3 Å². The molecule has 162 valence electrons. The number of ether oxygens (including phenoxy) is 1. The molecule has 9 heteroatoms. The Morgan fingerprint density at radius 1 is 1.20 bits per heavy atom. The summed E-state index contributed by atoms with van der Waals surface area (Å²) in [5.41, 5.74) is 1.24. The molecule has 1 saturated heterocycles. The van der Waals surface area contributed by atoms with Crippen LogP contribution in [-0.2, 0) is 14.8 Å². The lowest BCUT2D eigenvalue weighted by molar-refractivity contribution is -0.120. The minimum absolute atomic E-state index is 0.120. The van der Waals surface area contributed by atoms with Crippen molar-refractivity contribution < 1.29 is 17.9 Å². The van der Waals surface area contributed by atoms with Gasteiger partial charge in [-0.2, -0.15) is 4.31 Å². The van der Waals surface area contributed by atoms with Gasteiger partial charge in [-0.05, 0) is 68.7 Å². The largest absolute Gasteiger partial charge is 0.494 e. The summed E-state index contributed by atoms with van der Waals surface area (Å²) in [7, 11) is -3.71. The number of amides is 1. The first-order valence-electron chi connectivity index (χ1n) is 9.71. The number of carbonyl (C=O) groups is 1. The molecule has 1 fully saturated rings. The SMILES string of the molecule is CCOc1ccc(S(=O)(=O)N2CCC[C@H](C(=O)Nc3cc(Cl)cc(Cl)c3)C2)cc1C. The van der Waals surface area contributed by atoms with Crippen molar-refractivity contribution in [2.24, 2.45) is 5.92 Å². The van der Waals surface area contributed by atoms with Crippen molar-refractivity contribution in [1.29, 1.82) is 0 Å². The minimum Gasteiger partial charge on any atom is -0.494 e. The highest BCUT2D eigenvalue weighted by Crippen LogP contribution is 2.29. The lowest BCUT2D eigenvalue weighted by Gasteiger charge is -2.31. The van der Waals surface area contributed by atoms with Crippen LogP contribution < -0.4 is 10.1 Å². The zero-order chi connectivity index (χ0) is 21.9. The smallest absolute Gasteiger partial charge is 0.243 e. The monoisotopic (exact) mass is 470 g/mol. The van der Waals surface area contributed by atoms with Gasteiger partial charge in [-0.1, -0.05) is 23.2 Å². The zero-order valence-corrected chi connectivity index (χ0v) is 19.1. The number of nitrogens with zero attached hydrogens (tertiary/aromatic N) is 1. The molecule has 0 saturated carbocycles. The van der Waals surface area contributed by atoms with Crippen molar-refractivity contribution >= 4 is 44.8 Å². The fourth-order valence-corrected chi connectivity index (χ4v) is 5.63. The first-order valence-corrected chi connectivity index (χ1v) is 11.9. The second kappa shape index (κ2) is 9.56. The molecular formula is C21H24Cl2N2O4S. The lowest BCUT2D eigenvalue weighted by atomic mass is 9.99. The Balaban J connectivity index is 1.74. The van der Waals surface area contributed by atoms with E-state index in [0.717, 1.165) is 5.56 Å². The highest BCUT2D eigenvalue weighted by atomic mass is 35.5. The zero-order valence-electron chi connectivity index (χ0n) is 16.8. The van der Waals surface area contributed by atoms with E-state index < -0.39 is 15.9 Å². The molecule has 1 N–H and O–H groups in total. The summed E-state index contributed by atoms with van der Waals surface area (Å²) in [5, 5.41) is 3.62. The Kier molecular flexibility index (Phi) is 7.29. The van der Waals surface area contributed by atoms with E-state index >= 15 is 0 Å². The molecule has 1 amide bonds. The molecule has 6 nitrogen and oxygen atoms in total. The average Bonchev–Trinajstić information content (AvgIpc) is 2.69. The predicted molar refractivity (Wildman–Crippen MR) is 119 cm³/mol. The van der Waals surface area contributed by atoms with Gasteiger partial charge >= 0.3 is 0 Å². The summed E-state index contributed by atoms with van der Waals surface area (Å²) in [5.74, 6) is -0.0567. The third-order valence-electron chi connectivity index (χ3n) is 4.97. The molecule has 0 spiro atoms. The topological polar surface area (TPSA) is 75.7 Å². The summed E-state index contributed by atoms with van der Waals surface area (Å²) in [6.45, 7) is 4.69. The van der Waals surface area contributed by atoms with Crippen LogP contribution in [0.5, 0.6) is 5.75 Å². The van der Waals surface area contributed by atoms with Gasteiger partial charge in [0.25, 0.3) is 0 Å². The predicted octanol–water partition coefficient (Wildman–Crippen LogP) is 4.74. The summed E-state index contributed by atoms with van der Waals surface area (Å²) in [6, 6.07) is 9.61. The number of carbonyl (C=O) groups excluding carboxylic acids is 1. The van der Waals surface area contributed by atoms with Gasteiger partial charge in [0.1, 0.15) is 5.75 Å². The fraction of sp³-hybridized carbons (Fsp3) is 0.381. The summed E-state index contributed by atoms with van der Waals surface area (Å²) >= 11 is 12.0. The molecule has 2 aromatic rings. The lowest BCUT2D eigenvalue weighted by Crippen LogP contribution is -2.43. The third kappa shape index (κ3) is 5.27. The van der Waals surface area contributed by atoms with Gasteiger partial charge < -0.3 is 10.1 Å². The van der Waals surface area contributed by atoms with Gasteiger partial charge in [-0.25, -0.2) is 8.42 Å². The number of sulfonamides is 1. The number of piperidine rings is 1. The van der Waals surface area contributed by atoms with Crippen LogP contribution in [0, 0.1) is 12.8 Å². The quantitative estimate of drug-likeness (QED) is 0.661. The Morgan fingerprint density at radius 2 is 1.90 bits per heavy atom. The van der Waals surface area contributed by atoms with Gasteiger partial charge in [-0.15, -0.1) is 0 Å². The molecular weight excluding hydrogens is 447 g/mol. The molecule has 0 radical (unpaired) electrons. The number of hydrogen-bond donors (Lipinski definition) is 1. The number of hydrogen-bond acceptors (Lipinski definition) is 4. The van der Waals surface area contributed by atoms with E-state index in [-0.39, 0.29) is 17.3 Å². The third-order valence-corrected chi connectivity index (χ3v) is 7.27. The molecule has 1 atom stereocenters. The van der Waals surface area contributed by atoms with Crippen LogP contribution in [0.2, 0.25) is 10.0 Å². The van der Waals surface area contributed by atoms with Crippen molar-refractivity contribution in [3.05, 3.63) is 52.0 Å². The van der Waals surface area contributed by atoms with E-state index in [0.29, 0.717) is 47.5 Å². The van der Waals surface area contributed by atoms with Gasteiger partial charge in [0, 0.05) is 28.8 Å². The summed E-state index contributed by atoms with van der Waals surface area (Å²) in [6.07, 6.45) is 1.21. The summed E-state index contributed by atoms with van der Waals surface area (Å²) in [4.78, 5) is 12.9. The summed E-state index contributed by atoms with van der Waals surface area (Å²) < 4.78 is 33.2. The van der Waals surface area contributed by atoms with Crippen molar-refractivity contribution in [1.82, 2.24) is 4.31 Å². The van der Waals surface area contributed by atoms with Crippen LogP contribution in [-0.4, -0.2) is 38.3 Å². The van der Waals surface area contributed by atoms with E-state index in [2.05, 4.69) is 5.32 Å². The van der Waals surface area contributed by atoms with Crippen LogP contribution in [0.25, 0.3) is 0 Å². The van der Waals surface area contributed by atoms with Crippen LogP contribution in [0.4, 0.5) is 5.69 Å². The van der Waals surface area contributed by atoms with E-state index in [4.69, 9.17) is 27.9 Å². The van der Waals surface area contributed by atoms with Gasteiger partial charge in [0.15, 0.2) is 0 Å². The molecule has 3 rings (SSSR count). The number of nitrogens with one attached hydrogen (secondary N) is 1. The molecule has 1 aliphatic rings. The van der Waals surface area contributed by atoms with Crippen LogP contribution in [0.3, 0.4) is 0 Å². The first kappa shape index (κ1) is 22.9. The molecule has 0 unspecified atom stereocenters.